The van der Waals surface area contributed by atoms with Crippen molar-refractivity contribution in [1.82, 2.24) is 0 Å². The Morgan fingerprint density at radius 3 is 1.37 bits per heavy atom. The Balaban J connectivity index is 0.000000224. The Hall–Kier alpha value is -3.00. The SMILES string of the molecule is O=C=NON=C=O.c1ccc(-c2ccccc2)cc1. The Morgan fingerprint density at radius 1 is 0.684 bits per heavy atom. The molecule has 0 N–H and O–H groups in total. The van der Waals surface area contributed by atoms with Crippen LogP contribution in [0.15, 0.2) is 71.0 Å². The van der Waals surface area contributed by atoms with Crippen molar-refractivity contribution in [2.45, 2.75) is 0 Å². The molecule has 5 nitrogen and oxygen atoms in total. The zero-order chi connectivity index (χ0) is 13.8. The first kappa shape index (κ1) is 14.1. The summed E-state index contributed by atoms with van der Waals surface area (Å²) < 4.78 is 0. The van der Waals surface area contributed by atoms with Gasteiger partial charge in [-0.15, -0.1) is 0 Å². The fraction of sp³-hybridized carbons (Fsp3) is 0. The van der Waals surface area contributed by atoms with Crippen LogP contribution in [-0.2, 0) is 14.5 Å². The molecule has 19 heavy (non-hydrogen) atoms. The minimum Gasteiger partial charge on any atom is -0.221 e. The summed E-state index contributed by atoms with van der Waals surface area (Å²) in [6.45, 7) is 0. The van der Waals surface area contributed by atoms with Gasteiger partial charge in [-0.25, -0.2) is 14.5 Å². The summed E-state index contributed by atoms with van der Waals surface area (Å²) in [4.78, 5) is 21.7. The van der Waals surface area contributed by atoms with E-state index in [-0.39, 0.29) is 0 Å². The van der Waals surface area contributed by atoms with Crippen LogP contribution in [0.1, 0.15) is 0 Å². The van der Waals surface area contributed by atoms with Gasteiger partial charge in [0.15, 0.2) is 0 Å². The van der Waals surface area contributed by atoms with Gasteiger partial charge in [0.1, 0.15) is 0 Å². The molecule has 0 aliphatic heterocycles. The number of nitrogens with zero attached hydrogens (tertiary/aromatic N) is 2. The molecular formula is C14H10N2O3. The fourth-order valence-electron chi connectivity index (χ4n) is 1.31. The van der Waals surface area contributed by atoms with E-state index in [9.17, 15) is 0 Å². The fourth-order valence-corrected chi connectivity index (χ4v) is 1.31. The highest BCUT2D eigenvalue weighted by Gasteiger charge is 1.91. The molecule has 2 aromatic carbocycles. The summed E-state index contributed by atoms with van der Waals surface area (Å²) in [6.07, 6.45) is 1.97. The van der Waals surface area contributed by atoms with E-state index in [2.05, 4.69) is 63.8 Å². The van der Waals surface area contributed by atoms with Crippen molar-refractivity contribution in [2.24, 2.45) is 10.3 Å². The van der Waals surface area contributed by atoms with Gasteiger partial charge in [0.2, 0.25) is 0 Å². The van der Waals surface area contributed by atoms with E-state index in [1.807, 2.05) is 12.1 Å². The van der Waals surface area contributed by atoms with Crippen LogP contribution in [0.25, 0.3) is 11.1 Å². The molecule has 0 fully saturated rings. The third kappa shape index (κ3) is 5.75. The highest BCUT2D eigenvalue weighted by molar-refractivity contribution is 5.62. The molecule has 0 radical (unpaired) electrons. The summed E-state index contributed by atoms with van der Waals surface area (Å²) in [6, 6.07) is 20.8. The van der Waals surface area contributed by atoms with Crippen molar-refractivity contribution in [3.8, 4) is 11.1 Å². The van der Waals surface area contributed by atoms with Gasteiger partial charge in [0.25, 0.3) is 12.2 Å². The van der Waals surface area contributed by atoms with Gasteiger partial charge in [0.05, 0.1) is 0 Å². The molecule has 0 atom stereocenters. The maximum absolute atomic E-state index is 9.07. The molecular weight excluding hydrogens is 244 g/mol. The average molecular weight is 254 g/mol. The van der Waals surface area contributed by atoms with E-state index in [4.69, 9.17) is 9.59 Å². The molecule has 0 aliphatic rings. The van der Waals surface area contributed by atoms with Crippen LogP contribution in [0, 0.1) is 0 Å². The summed E-state index contributed by atoms with van der Waals surface area (Å²) in [5, 5.41) is 4.85. The van der Waals surface area contributed by atoms with E-state index in [0.29, 0.717) is 0 Å². The van der Waals surface area contributed by atoms with E-state index in [1.165, 1.54) is 11.1 Å². The topological polar surface area (TPSA) is 68.1 Å². The van der Waals surface area contributed by atoms with Gasteiger partial charge in [-0.3, -0.25) is 0 Å². The second-order valence-electron chi connectivity index (χ2n) is 3.18. The van der Waals surface area contributed by atoms with Gasteiger partial charge in [-0.1, -0.05) is 60.7 Å². The van der Waals surface area contributed by atoms with Crippen molar-refractivity contribution in [1.29, 1.82) is 0 Å². The maximum atomic E-state index is 9.07. The van der Waals surface area contributed by atoms with E-state index < -0.39 is 0 Å². The van der Waals surface area contributed by atoms with Crippen LogP contribution < -0.4 is 0 Å². The van der Waals surface area contributed by atoms with Crippen molar-refractivity contribution < 1.29 is 14.5 Å². The van der Waals surface area contributed by atoms with Crippen LogP contribution in [-0.4, -0.2) is 12.2 Å². The normalized spacial score (nSPS) is 8.00. The van der Waals surface area contributed by atoms with Gasteiger partial charge >= 0.3 is 0 Å². The minimum atomic E-state index is 0.983. The third-order valence-electron chi connectivity index (χ3n) is 2.04. The summed E-state index contributed by atoms with van der Waals surface area (Å²) in [5.74, 6) is 0. The Labute approximate surface area is 109 Å². The largest absolute Gasteiger partial charge is 0.279 e. The van der Waals surface area contributed by atoms with Gasteiger partial charge in [-0.2, -0.15) is 0 Å². The van der Waals surface area contributed by atoms with Crippen molar-refractivity contribution in [3.63, 3.8) is 0 Å². The molecule has 0 amide bonds. The first-order valence-electron chi connectivity index (χ1n) is 5.29. The molecule has 0 spiro atoms. The van der Waals surface area contributed by atoms with Gasteiger partial charge in [-0.05, 0) is 11.1 Å². The predicted molar refractivity (Wildman–Crippen MR) is 69.2 cm³/mol. The Bertz CT molecular complexity index is 519. The molecule has 94 valence electrons. The van der Waals surface area contributed by atoms with E-state index in [1.54, 1.807) is 0 Å². The number of carbonyl (C=O) groups excluding carboxylic acids is 2. The molecule has 2 rings (SSSR count). The zero-order valence-electron chi connectivity index (χ0n) is 9.89. The average Bonchev–Trinajstić information content (AvgIpc) is 2.50. The number of rotatable bonds is 3. The molecule has 0 aromatic heterocycles. The van der Waals surface area contributed by atoms with E-state index >= 15 is 0 Å². The van der Waals surface area contributed by atoms with Crippen LogP contribution in [0.4, 0.5) is 0 Å². The molecule has 5 heteroatoms. The number of hydrogen-bond donors (Lipinski definition) is 0. The maximum Gasteiger partial charge on any atom is 0.279 e. The molecule has 0 saturated heterocycles. The van der Waals surface area contributed by atoms with Crippen molar-refractivity contribution in [2.75, 3.05) is 0 Å². The van der Waals surface area contributed by atoms with Crippen LogP contribution in [0.5, 0.6) is 0 Å². The molecule has 0 aliphatic carbocycles. The lowest BCUT2D eigenvalue weighted by Gasteiger charge is -1.98. The number of benzene rings is 2. The second kappa shape index (κ2) is 9.07. The molecule has 0 unspecified atom stereocenters. The lowest BCUT2D eigenvalue weighted by molar-refractivity contribution is 0.154. The molecule has 2 aromatic rings. The predicted octanol–water partition coefficient (Wildman–Crippen LogP) is 2.86. The Morgan fingerprint density at radius 2 is 1.05 bits per heavy atom. The quantitative estimate of drug-likeness (QED) is 0.480. The second-order valence-corrected chi connectivity index (χ2v) is 3.18. The van der Waals surface area contributed by atoms with E-state index in [0.717, 1.165) is 12.2 Å². The highest BCUT2D eigenvalue weighted by atomic mass is 16.8. The molecule has 0 saturated carbocycles. The van der Waals surface area contributed by atoms with Gasteiger partial charge in [0, 0.05) is 10.3 Å². The first-order valence-corrected chi connectivity index (χ1v) is 5.29. The number of hydrogen-bond acceptors (Lipinski definition) is 5. The lowest BCUT2D eigenvalue weighted by Crippen LogP contribution is -1.73. The summed E-state index contributed by atoms with van der Waals surface area (Å²) >= 11 is 0. The smallest absolute Gasteiger partial charge is 0.221 e. The molecule has 0 bridgehead atoms. The van der Waals surface area contributed by atoms with Crippen LogP contribution >= 0.6 is 0 Å². The Kier molecular flexibility index (Phi) is 6.72. The van der Waals surface area contributed by atoms with Crippen molar-refractivity contribution >= 4 is 12.2 Å². The third-order valence-corrected chi connectivity index (χ3v) is 2.04. The van der Waals surface area contributed by atoms with Crippen molar-refractivity contribution in [3.05, 3.63) is 60.7 Å². The standard InChI is InChI=1S/C12H10.C2N2O3/c1-3-7-11(8-4-1)12-9-5-2-6-10-12;5-1-3-7-4-2-6/h1-10H;. The van der Waals surface area contributed by atoms with Gasteiger partial charge < -0.3 is 0 Å². The summed E-state index contributed by atoms with van der Waals surface area (Å²) in [7, 11) is 0. The summed E-state index contributed by atoms with van der Waals surface area (Å²) in [5.41, 5.74) is 2.55. The molecule has 0 heterocycles. The highest BCUT2D eigenvalue weighted by Crippen LogP contribution is 2.17. The number of isocyanates is 2. The lowest BCUT2D eigenvalue weighted by atomic mass is 10.1. The minimum absolute atomic E-state index is 0.983. The monoisotopic (exact) mass is 254 g/mol. The zero-order valence-corrected chi connectivity index (χ0v) is 9.89. The van der Waals surface area contributed by atoms with Crippen LogP contribution in [0.2, 0.25) is 0 Å². The van der Waals surface area contributed by atoms with Crippen LogP contribution in [0.3, 0.4) is 0 Å². The first-order chi connectivity index (χ1) is 9.38.